The molecule has 0 aliphatic rings. The standard InChI is InChI=1S/C19H17N3O3S2/c1-2-25-18(24)14-11-15(13-7-4-3-5-8-13)27-17(14)22-16(23)12-26-19-20-9-6-10-21-19/h3-11H,2,12H2,1H3,(H,22,23). The lowest BCUT2D eigenvalue weighted by Crippen LogP contribution is -2.16. The fraction of sp³-hybridized carbons (Fsp3) is 0.158. The van der Waals surface area contributed by atoms with Gasteiger partial charge in [0.25, 0.3) is 0 Å². The number of anilines is 1. The zero-order valence-corrected chi connectivity index (χ0v) is 16.2. The van der Waals surface area contributed by atoms with Gasteiger partial charge in [0.2, 0.25) is 5.91 Å². The summed E-state index contributed by atoms with van der Waals surface area (Å²) in [5, 5.41) is 3.81. The number of rotatable bonds is 7. The van der Waals surface area contributed by atoms with Crippen LogP contribution in [0.25, 0.3) is 10.4 Å². The first-order chi connectivity index (χ1) is 13.2. The number of amides is 1. The van der Waals surface area contributed by atoms with Crippen LogP contribution in [0.3, 0.4) is 0 Å². The molecule has 0 bridgehead atoms. The molecule has 6 nitrogen and oxygen atoms in total. The van der Waals surface area contributed by atoms with Gasteiger partial charge in [-0.2, -0.15) is 0 Å². The summed E-state index contributed by atoms with van der Waals surface area (Å²) in [7, 11) is 0. The van der Waals surface area contributed by atoms with Gasteiger partial charge in [0.05, 0.1) is 17.9 Å². The maximum absolute atomic E-state index is 12.3. The zero-order valence-electron chi connectivity index (χ0n) is 14.5. The van der Waals surface area contributed by atoms with Crippen LogP contribution in [0.1, 0.15) is 17.3 Å². The van der Waals surface area contributed by atoms with Crippen molar-refractivity contribution in [2.75, 3.05) is 17.7 Å². The Labute approximate surface area is 165 Å². The number of nitrogens with one attached hydrogen (secondary N) is 1. The van der Waals surface area contributed by atoms with Crippen molar-refractivity contribution in [3.63, 3.8) is 0 Å². The van der Waals surface area contributed by atoms with Crippen LogP contribution in [-0.2, 0) is 9.53 Å². The molecule has 8 heteroatoms. The van der Waals surface area contributed by atoms with Crippen LogP contribution in [0.2, 0.25) is 0 Å². The maximum Gasteiger partial charge on any atom is 0.341 e. The van der Waals surface area contributed by atoms with Gasteiger partial charge in [0, 0.05) is 17.3 Å². The van der Waals surface area contributed by atoms with Crippen LogP contribution in [0.5, 0.6) is 0 Å². The highest BCUT2D eigenvalue weighted by molar-refractivity contribution is 7.99. The van der Waals surface area contributed by atoms with Crippen molar-refractivity contribution in [2.24, 2.45) is 0 Å². The maximum atomic E-state index is 12.3. The molecule has 0 aliphatic heterocycles. The summed E-state index contributed by atoms with van der Waals surface area (Å²) in [6.45, 7) is 2.01. The summed E-state index contributed by atoms with van der Waals surface area (Å²) in [6, 6.07) is 13.1. The number of benzene rings is 1. The number of hydrogen-bond donors (Lipinski definition) is 1. The summed E-state index contributed by atoms with van der Waals surface area (Å²) in [5.41, 5.74) is 1.33. The highest BCUT2D eigenvalue weighted by Crippen LogP contribution is 2.36. The number of hydrogen-bond acceptors (Lipinski definition) is 7. The minimum atomic E-state index is -0.453. The van der Waals surface area contributed by atoms with Gasteiger partial charge in [-0.15, -0.1) is 11.3 Å². The predicted octanol–water partition coefficient (Wildman–Crippen LogP) is 4.11. The lowest BCUT2D eigenvalue weighted by Gasteiger charge is -2.05. The summed E-state index contributed by atoms with van der Waals surface area (Å²) in [5.74, 6) is -0.546. The normalized spacial score (nSPS) is 10.4. The first-order valence-corrected chi connectivity index (χ1v) is 10.0. The molecule has 2 aromatic heterocycles. The first kappa shape index (κ1) is 19.1. The molecule has 138 valence electrons. The van der Waals surface area contributed by atoms with E-state index in [1.807, 2.05) is 30.3 Å². The number of esters is 1. The molecule has 3 rings (SSSR count). The fourth-order valence-corrected chi connectivity index (χ4v) is 3.91. The fourth-order valence-electron chi connectivity index (χ4n) is 2.24. The molecule has 0 saturated heterocycles. The van der Waals surface area contributed by atoms with Crippen molar-refractivity contribution < 1.29 is 14.3 Å². The number of aromatic nitrogens is 2. The van der Waals surface area contributed by atoms with Gasteiger partial charge in [0.1, 0.15) is 5.00 Å². The number of carbonyl (C=O) groups is 2. The second-order valence-corrected chi connectivity index (χ2v) is 7.30. The smallest absolute Gasteiger partial charge is 0.341 e. The quantitative estimate of drug-likeness (QED) is 0.366. The van der Waals surface area contributed by atoms with Crippen molar-refractivity contribution in [2.45, 2.75) is 12.1 Å². The van der Waals surface area contributed by atoms with Gasteiger partial charge in [-0.1, -0.05) is 42.1 Å². The number of thiophene rings is 1. The summed E-state index contributed by atoms with van der Waals surface area (Å²) >= 11 is 2.57. The van der Waals surface area contributed by atoms with Crippen molar-refractivity contribution in [3.05, 3.63) is 60.4 Å². The predicted molar refractivity (Wildman–Crippen MR) is 107 cm³/mol. The van der Waals surface area contributed by atoms with Crippen molar-refractivity contribution in [1.82, 2.24) is 9.97 Å². The lowest BCUT2D eigenvalue weighted by atomic mass is 10.1. The number of carbonyl (C=O) groups excluding carboxylic acids is 2. The monoisotopic (exact) mass is 399 g/mol. The van der Waals surface area contributed by atoms with Gasteiger partial charge >= 0.3 is 5.97 Å². The Kier molecular flexibility index (Phi) is 6.56. The Bertz CT molecular complexity index is 914. The molecule has 0 saturated carbocycles. The summed E-state index contributed by atoms with van der Waals surface area (Å²) in [4.78, 5) is 33.6. The van der Waals surface area contributed by atoms with Gasteiger partial charge in [-0.25, -0.2) is 14.8 Å². The van der Waals surface area contributed by atoms with Crippen LogP contribution in [0.4, 0.5) is 5.00 Å². The van der Waals surface area contributed by atoms with Crippen LogP contribution in [-0.4, -0.2) is 34.2 Å². The summed E-state index contributed by atoms with van der Waals surface area (Å²) in [6.07, 6.45) is 3.25. The SMILES string of the molecule is CCOC(=O)c1cc(-c2ccccc2)sc1NC(=O)CSc1ncccn1. The molecule has 0 fully saturated rings. The minimum Gasteiger partial charge on any atom is -0.462 e. The average molecular weight is 399 g/mol. The first-order valence-electron chi connectivity index (χ1n) is 8.23. The van der Waals surface area contributed by atoms with E-state index >= 15 is 0 Å². The van der Waals surface area contributed by atoms with E-state index in [-0.39, 0.29) is 18.3 Å². The van der Waals surface area contributed by atoms with E-state index in [0.29, 0.717) is 15.7 Å². The zero-order chi connectivity index (χ0) is 19.1. The lowest BCUT2D eigenvalue weighted by molar-refractivity contribution is -0.113. The van der Waals surface area contributed by atoms with E-state index in [9.17, 15) is 9.59 Å². The van der Waals surface area contributed by atoms with Crippen LogP contribution >= 0.6 is 23.1 Å². The third-order valence-electron chi connectivity index (χ3n) is 3.41. The molecule has 1 N–H and O–H groups in total. The Morgan fingerprint density at radius 2 is 1.89 bits per heavy atom. The molecule has 0 radical (unpaired) electrons. The van der Waals surface area contributed by atoms with Gasteiger partial charge in [-0.05, 0) is 24.6 Å². The largest absolute Gasteiger partial charge is 0.462 e. The van der Waals surface area contributed by atoms with Crippen LogP contribution in [0, 0.1) is 0 Å². The second kappa shape index (κ2) is 9.29. The molecular formula is C19H17N3O3S2. The molecular weight excluding hydrogens is 382 g/mol. The topological polar surface area (TPSA) is 81.2 Å². The summed E-state index contributed by atoms with van der Waals surface area (Å²) < 4.78 is 5.12. The molecule has 0 aliphatic carbocycles. The van der Waals surface area contributed by atoms with E-state index in [1.54, 1.807) is 31.5 Å². The second-order valence-electron chi connectivity index (χ2n) is 5.31. The van der Waals surface area contributed by atoms with Crippen LogP contribution in [0.15, 0.2) is 60.0 Å². The molecule has 27 heavy (non-hydrogen) atoms. The molecule has 0 atom stereocenters. The third-order valence-corrected chi connectivity index (χ3v) is 5.39. The highest BCUT2D eigenvalue weighted by Gasteiger charge is 2.20. The third kappa shape index (κ3) is 5.15. The Morgan fingerprint density at radius 3 is 2.59 bits per heavy atom. The Morgan fingerprint density at radius 1 is 1.15 bits per heavy atom. The molecule has 3 aromatic rings. The number of nitrogens with zero attached hydrogens (tertiary/aromatic N) is 2. The molecule has 2 heterocycles. The molecule has 1 aromatic carbocycles. The van der Waals surface area contributed by atoms with Crippen LogP contribution < -0.4 is 5.32 Å². The van der Waals surface area contributed by atoms with Gasteiger partial charge in [0.15, 0.2) is 5.16 Å². The van der Waals surface area contributed by atoms with Crippen molar-refractivity contribution in [1.29, 1.82) is 0 Å². The van der Waals surface area contributed by atoms with E-state index in [4.69, 9.17) is 4.74 Å². The minimum absolute atomic E-state index is 0.144. The van der Waals surface area contributed by atoms with E-state index in [2.05, 4.69) is 15.3 Å². The molecule has 1 amide bonds. The van der Waals surface area contributed by atoms with E-state index < -0.39 is 5.97 Å². The highest BCUT2D eigenvalue weighted by atomic mass is 32.2. The van der Waals surface area contributed by atoms with Gasteiger partial charge in [-0.3, -0.25) is 4.79 Å². The van der Waals surface area contributed by atoms with E-state index in [0.717, 1.165) is 10.4 Å². The van der Waals surface area contributed by atoms with Crippen molar-refractivity contribution in [3.8, 4) is 10.4 Å². The average Bonchev–Trinajstić information content (AvgIpc) is 3.12. The van der Waals surface area contributed by atoms with Crippen molar-refractivity contribution >= 4 is 40.0 Å². The number of thioether (sulfide) groups is 1. The molecule has 0 unspecified atom stereocenters. The van der Waals surface area contributed by atoms with E-state index in [1.165, 1.54) is 23.1 Å². The molecule has 0 spiro atoms. The Hall–Kier alpha value is -2.71. The Balaban J connectivity index is 1.77. The number of ether oxygens (including phenoxy) is 1. The van der Waals surface area contributed by atoms with Gasteiger partial charge < -0.3 is 10.1 Å².